The number of carbonyl (C=O) groups excluding carboxylic acids is 4. The average molecular weight is 663 g/mol. The topological polar surface area (TPSA) is 181 Å². The van der Waals surface area contributed by atoms with Crippen LogP contribution < -0.4 is 9.80 Å². The lowest BCUT2D eigenvalue weighted by atomic mass is 9.59. The molecule has 1 heterocycles. The molecule has 0 saturated carbocycles. The quantitative estimate of drug-likeness (QED) is 0.160. The Kier molecular flexibility index (Phi) is 6.83. The van der Waals surface area contributed by atoms with Crippen LogP contribution in [0.5, 0.6) is 5.75 Å². The van der Waals surface area contributed by atoms with E-state index in [0.29, 0.717) is 11.1 Å². The molecule has 4 aliphatic rings. The monoisotopic (exact) mass is 662 g/mol. The molecule has 0 spiro atoms. The number of phenolic OH excluding ortho intramolecular Hbond substituents is 1. The summed E-state index contributed by atoms with van der Waals surface area (Å²) in [7, 11) is 2.81. The fourth-order valence-electron chi connectivity index (χ4n) is 6.96. The van der Waals surface area contributed by atoms with Gasteiger partial charge in [-0.3, -0.25) is 39.4 Å². The number of anilines is 2. The second-order valence-corrected chi connectivity index (χ2v) is 12.1. The van der Waals surface area contributed by atoms with Gasteiger partial charge in [0.15, 0.2) is 17.3 Å². The summed E-state index contributed by atoms with van der Waals surface area (Å²) in [6.07, 6.45) is 3.12. The highest BCUT2D eigenvalue weighted by atomic mass is 79.9. The van der Waals surface area contributed by atoms with Gasteiger partial charge >= 0.3 is 11.4 Å². The van der Waals surface area contributed by atoms with Gasteiger partial charge in [-0.05, 0) is 52.4 Å². The number of rotatable bonds is 5. The maximum Gasteiger partial charge on any atom is 0.301 e. The number of imide groups is 1. The van der Waals surface area contributed by atoms with Gasteiger partial charge in [0.1, 0.15) is 5.75 Å². The van der Waals surface area contributed by atoms with Gasteiger partial charge in [-0.1, -0.05) is 23.8 Å². The van der Waals surface area contributed by atoms with Gasteiger partial charge in [-0.15, -0.1) is 0 Å². The molecular formula is C30H23BrN4O9. The van der Waals surface area contributed by atoms with Crippen molar-refractivity contribution in [3.8, 4) is 5.75 Å². The van der Waals surface area contributed by atoms with E-state index >= 15 is 0 Å². The molecule has 6 rings (SSSR count). The van der Waals surface area contributed by atoms with Gasteiger partial charge < -0.3 is 10.0 Å². The van der Waals surface area contributed by atoms with E-state index in [1.165, 1.54) is 37.2 Å². The van der Waals surface area contributed by atoms with Crippen LogP contribution >= 0.6 is 15.9 Å². The summed E-state index contributed by atoms with van der Waals surface area (Å²) in [5.74, 6) is -5.44. The zero-order valence-electron chi connectivity index (χ0n) is 23.2. The number of aromatic hydroxyl groups is 1. The van der Waals surface area contributed by atoms with E-state index < -0.39 is 62.5 Å². The minimum Gasteiger partial charge on any atom is -0.508 e. The summed E-state index contributed by atoms with van der Waals surface area (Å²) < 4.78 is 0.0709. The van der Waals surface area contributed by atoms with Crippen LogP contribution in [0.2, 0.25) is 0 Å². The van der Waals surface area contributed by atoms with Crippen LogP contribution in [-0.2, 0) is 19.2 Å². The second-order valence-electron chi connectivity index (χ2n) is 11.2. The normalized spacial score (nSPS) is 24.4. The Morgan fingerprint density at radius 1 is 0.955 bits per heavy atom. The molecule has 0 bridgehead atoms. The zero-order chi connectivity index (χ0) is 31.8. The number of ketones is 2. The smallest absolute Gasteiger partial charge is 0.301 e. The number of amides is 2. The minimum absolute atomic E-state index is 0.00244. The van der Waals surface area contributed by atoms with Crippen molar-refractivity contribution in [2.75, 3.05) is 23.9 Å². The predicted molar refractivity (Wildman–Crippen MR) is 159 cm³/mol. The van der Waals surface area contributed by atoms with Crippen LogP contribution in [-0.4, -0.2) is 52.4 Å². The molecule has 2 amide bonds. The van der Waals surface area contributed by atoms with Crippen molar-refractivity contribution in [3.05, 3.63) is 95.5 Å². The number of allylic oxidation sites excluding steroid dienone is 6. The van der Waals surface area contributed by atoms with E-state index in [4.69, 9.17) is 0 Å². The van der Waals surface area contributed by atoms with Gasteiger partial charge in [0.05, 0.1) is 31.9 Å². The van der Waals surface area contributed by atoms with Crippen molar-refractivity contribution in [1.82, 2.24) is 0 Å². The Labute approximate surface area is 257 Å². The van der Waals surface area contributed by atoms with E-state index in [2.05, 4.69) is 15.9 Å². The molecule has 224 valence electrons. The second kappa shape index (κ2) is 10.3. The van der Waals surface area contributed by atoms with E-state index in [9.17, 15) is 44.5 Å². The van der Waals surface area contributed by atoms with Crippen molar-refractivity contribution < 1.29 is 34.1 Å². The van der Waals surface area contributed by atoms with Gasteiger partial charge in [0, 0.05) is 49.4 Å². The first-order valence-electron chi connectivity index (χ1n) is 13.5. The number of carbonyl (C=O) groups is 4. The van der Waals surface area contributed by atoms with Crippen LogP contribution in [0.3, 0.4) is 0 Å². The molecule has 4 unspecified atom stereocenters. The zero-order valence-corrected chi connectivity index (χ0v) is 24.8. The number of nitro benzene ring substituents is 2. The maximum absolute atomic E-state index is 14.2. The number of hydrogen-bond donors (Lipinski definition) is 1. The van der Waals surface area contributed by atoms with Crippen LogP contribution in [0.1, 0.15) is 24.3 Å². The van der Waals surface area contributed by atoms with Crippen molar-refractivity contribution >= 4 is 62.1 Å². The summed E-state index contributed by atoms with van der Waals surface area (Å²) >= 11 is 3.17. The molecule has 2 aromatic carbocycles. The summed E-state index contributed by atoms with van der Waals surface area (Å²) in [5.41, 5.74) is -0.100. The van der Waals surface area contributed by atoms with Gasteiger partial charge in [0.25, 0.3) is 0 Å². The molecule has 14 heteroatoms. The number of Topliss-reactive ketones (excluding diaryl/α,β-unsaturated/α-hetero) is 1. The molecule has 44 heavy (non-hydrogen) atoms. The van der Waals surface area contributed by atoms with Crippen molar-refractivity contribution in [1.29, 1.82) is 0 Å². The number of hydrogen-bond acceptors (Lipinski definition) is 10. The van der Waals surface area contributed by atoms with Crippen LogP contribution in [0.25, 0.3) is 0 Å². The molecule has 4 atom stereocenters. The highest BCUT2D eigenvalue weighted by molar-refractivity contribution is 9.12. The van der Waals surface area contributed by atoms with Crippen LogP contribution in [0.4, 0.5) is 22.7 Å². The molecule has 1 fully saturated rings. The van der Waals surface area contributed by atoms with E-state index in [0.717, 1.165) is 17.0 Å². The first-order chi connectivity index (χ1) is 20.8. The number of fused-ring (bicyclic) bond motifs is 3. The van der Waals surface area contributed by atoms with E-state index in [1.54, 1.807) is 18.2 Å². The molecule has 1 N–H and O–H groups in total. The van der Waals surface area contributed by atoms with E-state index in [-0.39, 0.29) is 51.4 Å². The van der Waals surface area contributed by atoms with Crippen molar-refractivity contribution in [3.63, 3.8) is 0 Å². The number of halogens is 1. The fourth-order valence-corrected chi connectivity index (χ4v) is 7.41. The highest BCUT2D eigenvalue weighted by Crippen LogP contribution is 2.56. The minimum atomic E-state index is -0.990. The third-order valence-electron chi connectivity index (χ3n) is 8.71. The van der Waals surface area contributed by atoms with Crippen LogP contribution in [0, 0.1) is 38.0 Å². The molecule has 2 aromatic rings. The fraction of sp³-hybridized carbons (Fsp3) is 0.267. The Morgan fingerprint density at radius 2 is 1.57 bits per heavy atom. The highest BCUT2D eigenvalue weighted by Gasteiger charge is 2.57. The molecule has 13 nitrogen and oxygen atoms in total. The summed E-state index contributed by atoms with van der Waals surface area (Å²) in [6, 6.07) is 8.13. The Bertz CT molecular complexity index is 1790. The predicted octanol–water partition coefficient (Wildman–Crippen LogP) is 4.24. The molecule has 1 saturated heterocycles. The van der Waals surface area contributed by atoms with Crippen molar-refractivity contribution in [2.24, 2.45) is 17.8 Å². The molecular weight excluding hydrogens is 640 g/mol. The number of phenols is 1. The maximum atomic E-state index is 14.2. The lowest BCUT2D eigenvalue weighted by Crippen LogP contribution is -2.39. The summed E-state index contributed by atoms with van der Waals surface area (Å²) in [4.78, 5) is 78.9. The number of benzene rings is 2. The van der Waals surface area contributed by atoms with Gasteiger partial charge in [-0.2, -0.15) is 0 Å². The van der Waals surface area contributed by atoms with Gasteiger partial charge in [0.2, 0.25) is 11.8 Å². The standard InChI is InChI=1S/C30H23BrN4O9/c1-32(2)27-21(34(41)42)9-14(10-22(27)35(43)44)33-29(39)17-8-7-16-18(25(17)30(33)40)11-19-26(23(37)12-20(31)28(19)38)24(16)13-3-5-15(36)6-4-13/h3-7,9-10,12,17-18,24-25,36H,8,11H2,1-2H3. The molecule has 0 radical (unpaired) electrons. The van der Waals surface area contributed by atoms with Gasteiger partial charge in [-0.25, -0.2) is 4.90 Å². The first kappa shape index (κ1) is 29.1. The third kappa shape index (κ3) is 4.27. The third-order valence-corrected chi connectivity index (χ3v) is 9.30. The molecule has 0 aromatic heterocycles. The first-order valence-corrected chi connectivity index (χ1v) is 14.3. The summed E-state index contributed by atoms with van der Waals surface area (Å²) in [6.45, 7) is 0. The van der Waals surface area contributed by atoms with Crippen molar-refractivity contribution in [2.45, 2.75) is 18.8 Å². The Morgan fingerprint density at radius 3 is 2.14 bits per heavy atom. The van der Waals surface area contributed by atoms with E-state index in [1.807, 2.05) is 0 Å². The Hall–Kier alpha value is -4.98. The number of nitro groups is 2. The Balaban J connectivity index is 1.48. The lowest BCUT2D eigenvalue weighted by molar-refractivity contribution is -0.392. The number of nitrogens with zero attached hydrogens (tertiary/aromatic N) is 4. The average Bonchev–Trinajstić information content (AvgIpc) is 3.23. The SMILES string of the molecule is CN(C)c1c([N+](=O)[O-])cc(N2C(=O)C3CC=C4C(c5ccc(O)cc5)C5=C(CC4C3C2=O)C(=O)C(Br)=CC5=O)cc1[N+](=O)[O-]. The molecule has 3 aliphatic carbocycles. The van der Waals surface area contributed by atoms with Crippen LogP contribution in [0.15, 0.2) is 69.8 Å². The molecule has 1 aliphatic heterocycles. The lowest BCUT2D eigenvalue weighted by Gasteiger charge is -2.42. The largest absolute Gasteiger partial charge is 0.508 e. The summed E-state index contributed by atoms with van der Waals surface area (Å²) in [5, 5.41) is 33.8.